The molecular formula is C20H23Cl2N3O2. The first kappa shape index (κ1) is 19.8. The number of amides is 1. The minimum Gasteiger partial charge on any atom is -0.435 e. The van der Waals surface area contributed by atoms with Gasteiger partial charge in [-0.1, -0.05) is 55.1 Å². The number of para-hydroxylation sites is 2. The molecule has 144 valence electrons. The molecule has 0 spiro atoms. The molecule has 1 fully saturated rings. The molecule has 2 atom stereocenters. The first-order valence-electron chi connectivity index (χ1n) is 9.14. The van der Waals surface area contributed by atoms with Crippen LogP contribution in [0.5, 0.6) is 11.6 Å². The van der Waals surface area contributed by atoms with Crippen LogP contribution in [0.2, 0.25) is 10.0 Å². The van der Waals surface area contributed by atoms with Crippen LogP contribution in [0.4, 0.5) is 5.69 Å². The van der Waals surface area contributed by atoms with Crippen molar-refractivity contribution in [1.82, 2.24) is 10.3 Å². The minimum absolute atomic E-state index is 0.0220. The summed E-state index contributed by atoms with van der Waals surface area (Å²) < 4.78 is 5.80. The Kier molecular flexibility index (Phi) is 6.80. The molecule has 27 heavy (non-hydrogen) atoms. The number of nitrogens with one attached hydrogen (secondary N) is 2. The molecule has 0 bridgehead atoms. The number of pyridine rings is 1. The third-order valence-corrected chi connectivity index (χ3v) is 5.24. The van der Waals surface area contributed by atoms with Crippen LogP contribution in [0.25, 0.3) is 0 Å². The van der Waals surface area contributed by atoms with E-state index in [1.54, 1.807) is 12.1 Å². The smallest absolute Gasteiger partial charge is 0.239 e. The van der Waals surface area contributed by atoms with E-state index in [1.807, 2.05) is 18.2 Å². The van der Waals surface area contributed by atoms with E-state index in [-0.39, 0.29) is 24.4 Å². The van der Waals surface area contributed by atoms with Crippen LogP contribution in [0.3, 0.4) is 0 Å². The molecule has 1 amide bonds. The normalized spacial score (nSPS) is 19.4. The van der Waals surface area contributed by atoms with Crippen molar-refractivity contribution in [3.8, 4) is 11.6 Å². The van der Waals surface area contributed by atoms with Crippen molar-refractivity contribution >= 4 is 34.8 Å². The van der Waals surface area contributed by atoms with Gasteiger partial charge < -0.3 is 15.4 Å². The summed E-state index contributed by atoms with van der Waals surface area (Å²) in [4.78, 5) is 16.4. The zero-order valence-corrected chi connectivity index (χ0v) is 16.7. The molecule has 1 heterocycles. The van der Waals surface area contributed by atoms with Crippen LogP contribution in [-0.4, -0.2) is 23.5 Å². The molecule has 0 saturated heterocycles. The third kappa shape index (κ3) is 5.50. The Bertz CT molecular complexity index is 801. The number of hydrogen-bond acceptors (Lipinski definition) is 4. The molecule has 1 saturated carbocycles. The van der Waals surface area contributed by atoms with Crippen molar-refractivity contribution < 1.29 is 9.53 Å². The summed E-state index contributed by atoms with van der Waals surface area (Å²) in [6.45, 7) is 2.37. The Balaban J connectivity index is 1.61. The van der Waals surface area contributed by atoms with Gasteiger partial charge in [0, 0.05) is 12.2 Å². The number of halogens is 2. The van der Waals surface area contributed by atoms with Gasteiger partial charge in [-0.2, -0.15) is 0 Å². The number of rotatable bonds is 6. The van der Waals surface area contributed by atoms with E-state index in [4.69, 9.17) is 27.9 Å². The maximum absolute atomic E-state index is 12.3. The Hall–Kier alpha value is -1.98. The average molecular weight is 408 g/mol. The quantitative estimate of drug-likeness (QED) is 0.682. The number of hydrogen-bond donors (Lipinski definition) is 2. The van der Waals surface area contributed by atoms with E-state index < -0.39 is 0 Å². The number of ether oxygens (including phenoxy) is 1. The summed E-state index contributed by atoms with van der Waals surface area (Å²) in [7, 11) is 0. The molecule has 2 aromatic rings. The summed E-state index contributed by atoms with van der Waals surface area (Å²) in [6.07, 6.45) is 6.11. The Morgan fingerprint density at radius 1 is 1.26 bits per heavy atom. The molecular weight excluding hydrogens is 385 g/mol. The molecule has 3 rings (SSSR count). The lowest BCUT2D eigenvalue weighted by Gasteiger charge is -2.29. The van der Waals surface area contributed by atoms with E-state index in [1.165, 1.54) is 25.5 Å². The molecule has 1 aromatic carbocycles. The Labute approximate surface area is 169 Å². The number of benzene rings is 1. The molecule has 2 N–H and O–H groups in total. The van der Waals surface area contributed by atoms with Gasteiger partial charge in [-0.15, -0.1) is 0 Å². The minimum atomic E-state index is -0.0220. The Morgan fingerprint density at radius 2 is 2.04 bits per heavy atom. The molecule has 7 heteroatoms. The second-order valence-electron chi connectivity index (χ2n) is 6.83. The van der Waals surface area contributed by atoms with Crippen molar-refractivity contribution in [2.45, 2.75) is 38.6 Å². The molecule has 1 aromatic heterocycles. The monoisotopic (exact) mass is 407 g/mol. The Morgan fingerprint density at radius 3 is 2.81 bits per heavy atom. The maximum Gasteiger partial charge on any atom is 0.239 e. The second kappa shape index (κ2) is 9.29. The van der Waals surface area contributed by atoms with Crippen molar-refractivity contribution in [2.24, 2.45) is 5.92 Å². The van der Waals surface area contributed by atoms with Gasteiger partial charge in [-0.25, -0.2) is 4.98 Å². The summed E-state index contributed by atoms with van der Waals surface area (Å²) in [6, 6.07) is 9.17. The highest BCUT2D eigenvalue weighted by molar-refractivity contribution is 6.35. The van der Waals surface area contributed by atoms with E-state index in [9.17, 15) is 4.79 Å². The largest absolute Gasteiger partial charge is 0.435 e. The molecule has 0 radical (unpaired) electrons. The first-order chi connectivity index (χ1) is 13.0. The van der Waals surface area contributed by atoms with Gasteiger partial charge in [0.25, 0.3) is 0 Å². The number of carbonyl (C=O) groups excluding carboxylic acids is 1. The summed E-state index contributed by atoms with van der Waals surface area (Å²) in [5.74, 6) is 1.30. The van der Waals surface area contributed by atoms with Gasteiger partial charge >= 0.3 is 0 Å². The lowest BCUT2D eigenvalue weighted by Crippen LogP contribution is -2.43. The number of aromatic nitrogens is 1. The summed E-state index contributed by atoms with van der Waals surface area (Å²) in [5, 5.41) is 7.03. The zero-order chi connectivity index (χ0) is 19.2. The van der Waals surface area contributed by atoms with Crippen molar-refractivity contribution in [3.63, 3.8) is 0 Å². The van der Waals surface area contributed by atoms with Gasteiger partial charge in [0.15, 0.2) is 5.75 Å². The predicted octanol–water partition coefficient (Wildman–Crippen LogP) is 5.29. The van der Waals surface area contributed by atoms with Crippen LogP contribution >= 0.6 is 23.2 Å². The van der Waals surface area contributed by atoms with Gasteiger partial charge in [-0.05, 0) is 37.0 Å². The van der Waals surface area contributed by atoms with Crippen LogP contribution in [0.1, 0.15) is 32.6 Å². The van der Waals surface area contributed by atoms with Gasteiger partial charge in [0.05, 0.1) is 17.3 Å². The van der Waals surface area contributed by atoms with Crippen molar-refractivity contribution in [2.75, 3.05) is 11.9 Å². The van der Waals surface area contributed by atoms with Crippen LogP contribution < -0.4 is 15.4 Å². The lowest BCUT2D eigenvalue weighted by molar-refractivity contribution is -0.120. The van der Waals surface area contributed by atoms with Crippen LogP contribution in [0, 0.1) is 5.92 Å². The highest BCUT2D eigenvalue weighted by Crippen LogP contribution is 2.33. The molecule has 5 nitrogen and oxygen atoms in total. The van der Waals surface area contributed by atoms with Gasteiger partial charge in [0.1, 0.15) is 5.02 Å². The molecule has 0 aliphatic heterocycles. The fraction of sp³-hybridized carbons (Fsp3) is 0.400. The van der Waals surface area contributed by atoms with Crippen molar-refractivity contribution in [3.05, 3.63) is 46.6 Å². The second-order valence-corrected chi connectivity index (χ2v) is 7.67. The summed E-state index contributed by atoms with van der Waals surface area (Å²) >= 11 is 12.0. The van der Waals surface area contributed by atoms with E-state index in [0.717, 1.165) is 6.42 Å². The van der Waals surface area contributed by atoms with Gasteiger partial charge in [-0.3, -0.25) is 4.79 Å². The highest BCUT2D eigenvalue weighted by atomic mass is 35.5. The first-order valence-corrected chi connectivity index (χ1v) is 9.89. The third-order valence-electron chi connectivity index (χ3n) is 4.77. The SMILES string of the molecule is CC1CCCCC1NC(=O)CNc1ccccc1Oc1ncc(Cl)cc1Cl. The number of anilines is 1. The number of nitrogens with zero attached hydrogens (tertiary/aromatic N) is 1. The van der Waals surface area contributed by atoms with E-state index >= 15 is 0 Å². The molecule has 1 aliphatic rings. The van der Waals surface area contributed by atoms with E-state index in [2.05, 4.69) is 22.5 Å². The fourth-order valence-corrected chi connectivity index (χ4v) is 3.67. The number of carbonyl (C=O) groups is 1. The summed E-state index contributed by atoms with van der Waals surface area (Å²) in [5.41, 5.74) is 0.692. The van der Waals surface area contributed by atoms with Crippen molar-refractivity contribution in [1.29, 1.82) is 0 Å². The fourth-order valence-electron chi connectivity index (χ4n) is 3.25. The predicted molar refractivity (Wildman–Crippen MR) is 109 cm³/mol. The van der Waals surface area contributed by atoms with Crippen LogP contribution in [0.15, 0.2) is 36.5 Å². The lowest BCUT2D eigenvalue weighted by atomic mass is 9.86. The topological polar surface area (TPSA) is 63.2 Å². The average Bonchev–Trinajstić information content (AvgIpc) is 2.65. The molecule has 2 unspecified atom stereocenters. The van der Waals surface area contributed by atoms with E-state index in [0.29, 0.717) is 27.4 Å². The standard InChI is InChI=1S/C20H23Cl2N3O2/c1-13-6-2-3-7-16(13)25-19(26)12-23-17-8-4-5-9-18(17)27-20-15(22)10-14(21)11-24-20/h4-5,8-11,13,16,23H,2-3,6-7,12H2,1H3,(H,25,26). The van der Waals surface area contributed by atoms with Gasteiger partial charge in [0.2, 0.25) is 11.8 Å². The highest BCUT2D eigenvalue weighted by Gasteiger charge is 2.22. The maximum atomic E-state index is 12.3. The molecule has 1 aliphatic carbocycles. The zero-order valence-electron chi connectivity index (χ0n) is 15.2. The van der Waals surface area contributed by atoms with Crippen LogP contribution in [-0.2, 0) is 4.79 Å².